The molecule has 0 aliphatic carbocycles. The van der Waals surface area contributed by atoms with E-state index in [9.17, 15) is 0 Å². The number of nitriles is 1. The quantitative estimate of drug-likeness (QED) is 0.687. The highest BCUT2D eigenvalue weighted by molar-refractivity contribution is 6.34. The van der Waals surface area contributed by atoms with E-state index in [0.717, 1.165) is 0 Å². The van der Waals surface area contributed by atoms with E-state index in [4.69, 9.17) is 22.6 Å². The molecule has 0 radical (unpaired) electrons. The summed E-state index contributed by atoms with van der Waals surface area (Å²) in [6.45, 7) is 0. The van der Waals surface area contributed by atoms with Crippen LogP contribution in [0, 0.1) is 11.3 Å². The van der Waals surface area contributed by atoms with Gasteiger partial charge in [-0.25, -0.2) is 4.98 Å². The molecule has 0 saturated heterocycles. The number of halogens is 1. The third-order valence-electron chi connectivity index (χ3n) is 1.77. The zero-order chi connectivity index (χ0) is 9.42. The van der Waals surface area contributed by atoms with Crippen LogP contribution in [0.15, 0.2) is 18.5 Å². The molecule has 5 heteroatoms. The summed E-state index contributed by atoms with van der Waals surface area (Å²) in [5.41, 5.74) is 6.51. The fraction of sp³-hybridized carbons (Fsp3) is 0. The van der Waals surface area contributed by atoms with Crippen molar-refractivity contribution >= 4 is 23.1 Å². The smallest absolute Gasteiger partial charge is 0.158 e. The molecule has 2 aromatic rings. The van der Waals surface area contributed by atoms with Crippen LogP contribution in [0.2, 0.25) is 5.02 Å². The highest BCUT2D eigenvalue weighted by Gasteiger charge is 2.07. The molecule has 2 N–H and O–H groups in total. The normalized spacial score (nSPS) is 10.2. The van der Waals surface area contributed by atoms with E-state index in [1.54, 1.807) is 16.7 Å². The van der Waals surface area contributed by atoms with Gasteiger partial charge >= 0.3 is 0 Å². The molecule has 0 aliphatic heterocycles. The number of hydrogen-bond acceptors (Lipinski definition) is 3. The summed E-state index contributed by atoms with van der Waals surface area (Å²) >= 11 is 5.89. The maximum Gasteiger partial charge on any atom is 0.158 e. The molecular formula is C8H5ClN4. The third-order valence-corrected chi connectivity index (χ3v) is 2.14. The van der Waals surface area contributed by atoms with Gasteiger partial charge < -0.3 is 5.73 Å². The molecule has 2 aromatic heterocycles. The zero-order valence-corrected chi connectivity index (χ0v) is 7.28. The van der Waals surface area contributed by atoms with Crippen LogP contribution in [0.5, 0.6) is 0 Å². The van der Waals surface area contributed by atoms with Gasteiger partial charge in [0.25, 0.3) is 0 Å². The molecule has 0 spiro atoms. The second kappa shape index (κ2) is 2.64. The first kappa shape index (κ1) is 7.90. The van der Waals surface area contributed by atoms with Crippen LogP contribution in [0.3, 0.4) is 0 Å². The zero-order valence-electron chi connectivity index (χ0n) is 6.53. The van der Waals surface area contributed by atoms with Gasteiger partial charge in [-0.2, -0.15) is 5.26 Å². The molecule has 0 aliphatic rings. The van der Waals surface area contributed by atoms with Crippen molar-refractivity contribution in [2.45, 2.75) is 0 Å². The molecule has 13 heavy (non-hydrogen) atoms. The van der Waals surface area contributed by atoms with E-state index in [2.05, 4.69) is 4.98 Å². The Morgan fingerprint density at radius 1 is 1.62 bits per heavy atom. The predicted octanol–water partition coefficient (Wildman–Crippen LogP) is 1.44. The number of aromatic nitrogens is 2. The molecular weight excluding hydrogens is 188 g/mol. The fourth-order valence-electron chi connectivity index (χ4n) is 1.12. The number of anilines is 1. The van der Waals surface area contributed by atoms with Gasteiger partial charge in [0.2, 0.25) is 0 Å². The van der Waals surface area contributed by atoms with Crippen LogP contribution < -0.4 is 5.73 Å². The van der Waals surface area contributed by atoms with Crippen molar-refractivity contribution in [1.29, 1.82) is 5.26 Å². The van der Waals surface area contributed by atoms with Gasteiger partial charge in [-0.15, -0.1) is 0 Å². The minimum absolute atomic E-state index is 0.335. The number of rotatable bonds is 0. The fourth-order valence-corrected chi connectivity index (χ4v) is 1.37. The van der Waals surface area contributed by atoms with E-state index in [0.29, 0.717) is 22.1 Å². The topological polar surface area (TPSA) is 67.1 Å². The van der Waals surface area contributed by atoms with Gasteiger partial charge in [0.05, 0.1) is 11.8 Å². The highest BCUT2D eigenvalue weighted by Crippen LogP contribution is 2.22. The second-order valence-corrected chi connectivity index (χ2v) is 2.91. The molecule has 0 bridgehead atoms. The van der Waals surface area contributed by atoms with Gasteiger partial charge in [0.1, 0.15) is 16.9 Å². The molecule has 2 rings (SSSR count). The summed E-state index contributed by atoms with van der Waals surface area (Å²) in [6.07, 6.45) is 3.17. The summed E-state index contributed by atoms with van der Waals surface area (Å²) in [6, 6.07) is 3.58. The number of nitrogens with zero attached hydrogens (tertiary/aromatic N) is 3. The van der Waals surface area contributed by atoms with Crippen LogP contribution >= 0.6 is 11.6 Å². The average molecular weight is 193 g/mol. The predicted molar refractivity (Wildman–Crippen MR) is 49.3 cm³/mol. The van der Waals surface area contributed by atoms with Gasteiger partial charge in [-0.05, 0) is 6.07 Å². The Balaban J connectivity index is 2.90. The minimum Gasteiger partial charge on any atom is -0.383 e. The van der Waals surface area contributed by atoms with Crippen LogP contribution in [0.1, 0.15) is 5.56 Å². The van der Waals surface area contributed by atoms with E-state index < -0.39 is 0 Å². The van der Waals surface area contributed by atoms with Crippen LogP contribution in [0.4, 0.5) is 5.82 Å². The first-order valence-corrected chi connectivity index (χ1v) is 3.93. The Hall–Kier alpha value is -1.73. The summed E-state index contributed by atoms with van der Waals surface area (Å²) in [5.74, 6) is 0.501. The Morgan fingerprint density at radius 2 is 2.38 bits per heavy atom. The van der Waals surface area contributed by atoms with Gasteiger partial charge in [0.15, 0.2) is 5.65 Å². The van der Waals surface area contributed by atoms with Crippen molar-refractivity contribution < 1.29 is 0 Å². The van der Waals surface area contributed by atoms with Crippen LogP contribution in [0.25, 0.3) is 5.65 Å². The number of nitrogen functional groups attached to an aromatic ring is 1. The lowest BCUT2D eigenvalue weighted by Gasteiger charge is -1.98. The first-order valence-electron chi connectivity index (χ1n) is 3.55. The minimum atomic E-state index is 0.335. The van der Waals surface area contributed by atoms with Crippen molar-refractivity contribution in [3.05, 3.63) is 29.0 Å². The molecule has 0 unspecified atom stereocenters. The molecule has 64 valence electrons. The standard InChI is InChI=1S/C8H5ClN4/c9-7-5(3-10)1-2-13-6(11)4-12-8(7)13/h1-2,4H,11H2. The monoisotopic (exact) mass is 192 g/mol. The Labute approximate surface area is 79.2 Å². The largest absolute Gasteiger partial charge is 0.383 e. The van der Waals surface area contributed by atoms with Crippen molar-refractivity contribution in [2.75, 3.05) is 5.73 Å². The maximum absolute atomic E-state index is 8.68. The van der Waals surface area contributed by atoms with Crippen LogP contribution in [-0.2, 0) is 0 Å². The third kappa shape index (κ3) is 1.02. The van der Waals surface area contributed by atoms with Crippen molar-refractivity contribution in [2.24, 2.45) is 0 Å². The lowest BCUT2D eigenvalue weighted by atomic mass is 10.3. The van der Waals surface area contributed by atoms with E-state index in [1.165, 1.54) is 6.20 Å². The van der Waals surface area contributed by atoms with Crippen molar-refractivity contribution in [1.82, 2.24) is 9.38 Å². The maximum atomic E-state index is 8.68. The molecule has 0 saturated carbocycles. The van der Waals surface area contributed by atoms with Gasteiger partial charge in [0, 0.05) is 6.20 Å². The molecule has 2 heterocycles. The summed E-state index contributed by atoms with van der Waals surface area (Å²) < 4.78 is 1.63. The Bertz CT molecular complexity index is 509. The first-order chi connectivity index (χ1) is 6.24. The van der Waals surface area contributed by atoms with Gasteiger partial charge in [-0.3, -0.25) is 4.40 Å². The number of hydrogen-bond donors (Lipinski definition) is 1. The number of fused-ring (bicyclic) bond motifs is 1. The van der Waals surface area contributed by atoms with Crippen LogP contribution in [-0.4, -0.2) is 9.38 Å². The SMILES string of the molecule is N#Cc1ccn2c(N)cnc2c1Cl. The Morgan fingerprint density at radius 3 is 3.08 bits per heavy atom. The highest BCUT2D eigenvalue weighted by atomic mass is 35.5. The lowest BCUT2D eigenvalue weighted by molar-refractivity contribution is 1.19. The van der Waals surface area contributed by atoms with Gasteiger partial charge in [-0.1, -0.05) is 11.6 Å². The average Bonchev–Trinajstić information content (AvgIpc) is 2.50. The second-order valence-electron chi connectivity index (χ2n) is 2.53. The summed E-state index contributed by atoms with van der Waals surface area (Å²) in [4.78, 5) is 3.98. The Kier molecular flexibility index (Phi) is 1.61. The number of pyridine rings is 1. The number of imidazole rings is 1. The lowest BCUT2D eigenvalue weighted by Crippen LogP contribution is -1.93. The molecule has 0 amide bonds. The van der Waals surface area contributed by atoms with Crippen molar-refractivity contribution in [3.63, 3.8) is 0 Å². The number of nitrogens with two attached hydrogens (primary N) is 1. The summed E-state index contributed by atoms with van der Waals surface area (Å²) in [5, 5.41) is 9.02. The van der Waals surface area contributed by atoms with Crippen molar-refractivity contribution in [3.8, 4) is 6.07 Å². The molecule has 0 atom stereocenters. The molecule has 0 aromatic carbocycles. The van der Waals surface area contributed by atoms with E-state index in [1.807, 2.05) is 6.07 Å². The molecule has 0 fully saturated rings. The van der Waals surface area contributed by atoms with E-state index >= 15 is 0 Å². The van der Waals surface area contributed by atoms with E-state index in [-0.39, 0.29) is 0 Å². The summed E-state index contributed by atoms with van der Waals surface area (Å²) in [7, 11) is 0. The molecule has 4 nitrogen and oxygen atoms in total.